The van der Waals surface area contributed by atoms with E-state index >= 15 is 0 Å². The van der Waals surface area contributed by atoms with E-state index in [0.717, 1.165) is 15.9 Å². The molecular formula is C15H16BrN3O. The third-order valence-electron chi connectivity index (χ3n) is 2.83. The first kappa shape index (κ1) is 14.5. The van der Waals surface area contributed by atoms with Crippen molar-refractivity contribution in [3.05, 3.63) is 52.1 Å². The molecule has 0 saturated carbocycles. The van der Waals surface area contributed by atoms with Crippen LogP contribution in [0.5, 0.6) is 0 Å². The molecule has 0 radical (unpaired) electrons. The number of benzene rings is 1. The molecule has 1 amide bonds. The van der Waals surface area contributed by atoms with E-state index in [1.54, 1.807) is 18.3 Å². The van der Waals surface area contributed by atoms with Crippen molar-refractivity contribution in [3.8, 4) is 0 Å². The topological polar surface area (TPSA) is 45.2 Å². The lowest BCUT2D eigenvalue weighted by Crippen LogP contribution is -2.18. The van der Waals surface area contributed by atoms with Gasteiger partial charge in [-0.1, -0.05) is 6.07 Å². The van der Waals surface area contributed by atoms with Gasteiger partial charge in [0.25, 0.3) is 5.91 Å². The summed E-state index contributed by atoms with van der Waals surface area (Å²) in [6.45, 7) is 1.98. The normalized spacial score (nSPS) is 10.2. The summed E-state index contributed by atoms with van der Waals surface area (Å²) in [5.41, 5.74) is 2.39. The van der Waals surface area contributed by atoms with E-state index in [9.17, 15) is 4.79 Å². The van der Waals surface area contributed by atoms with Crippen LogP contribution in [0.1, 0.15) is 15.9 Å². The van der Waals surface area contributed by atoms with Gasteiger partial charge in [0.05, 0.1) is 11.3 Å². The molecule has 104 valence electrons. The number of nitrogens with zero attached hydrogens (tertiary/aromatic N) is 2. The Morgan fingerprint density at radius 3 is 2.70 bits per heavy atom. The van der Waals surface area contributed by atoms with Gasteiger partial charge in [-0.25, -0.2) is 4.98 Å². The number of anilines is 2. The highest BCUT2D eigenvalue weighted by Gasteiger charge is 2.13. The smallest absolute Gasteiger partial charge is 0.256 e. The fraction of sp³-hybridized carbons (Fsp3) is 0.200. The van der Waals surface area contributed by atoms with Crippen molar-refractivity contribution in [3.63, 3.8) is 0 Å². The maximum absolute atomic E-state index is 12.3. The zero-order valence-electron chi connectivity index (χ0n) is 11.6. The van der Waals surface area contributed by atoms with Gasteiger partial charge in [0.1, 0.15) is 0 Å². The number of amides is 1. The highest BCUT2D eigenvalue weighted by atomic mass is 79.9. The van der Waals surface area contributed by atoms with Crippen molar-refractivity contribution >= 4 is 33.3 Å². The van der Waals surface area contributed by atoms with Crippen LogP contribution in [0.3, 0.4) is 0 Å². The number of aryl methyl sites for hydroxylation is 1. The van der Waals surface area contributed by atoms with Gasteiger partial charge < -0.3 is 10.2 Å². The lowest BCUT2D eigenvalue weighted by Gasteiger charge is -2.16. The fourth-order valence-electron chi connectivity index (χ4n) is 1.84. The number of nitrogens with one attached hydrogen (secondary N) is 1. The second-order valence-electron chi connectivity index (χ2n) is 4.71. The van der Waals surface area contributed by atoms with Crippen LogP contribution < -0.4 is 10.2 Å². The summed E-state index contributed by atoms with van der Waals surface area (Å²) in [5, 5.41) is 2.90. The van der Waals surface area contributed by atoms with E-state index < -0.39 is 0 Å². The fourth-order valence-corrected chi connectivity index (χ4v) is 2.52. The summed E-state index contributed by atoms with van der Waals surface area (Å²) in [5.74, 6) is 0.567. The van der Waals surface area contributed by atoms with Crippen molar-refractivity contribution in [2.45, 2.75) is 6.92 Å². The van der Waals surface area contributed by atoms with Crippen molar-refractivity contribution in [1.29, 1.82) is 0 Å². The van der Waals surface area contributed by atoms with Gasteiger partial charge in [0, 0.05) is 24.8 Å². The first-order chi connectivity index (χ1) is 9.49. The second kappa shape index (κ2) is 6.05. The number of carbonyl (C=O) groups excluding carboxylic acids is 1. The minimum Gasteiger partial charge on any atom is -0.361 e. The molecule has 1 heterocycles. The third kappa shape index (κ3) is 3.17. The summed E-state index contributed by atoms with van der Waals surface area (Å²) in [7, 11) is 3.78. The van der Waals surface area contributed by atoms with Gasteiger partial charge in [0.15, 0.2) is 5.82 Å². The lowest BCUT2D eigenvalue weighted by atomic mass is 10.1. The Morgan fingerprint density at radius 2 is 2.05 bits per heavy atom. The zero-order valence-corrected chi connectivity index (χ0v) is 13.2. The first-order valence-electron chi connectivity index (χ1n) is 6.19. The number of halogens is 1. The molecular weight excluding hydrogens is 318 g/mol. The van der Waals surface area contributed by atoms with E-state index in [0.29, 0.717) is 11.3 Å². The van der Waals surface area contributed by atoms with Crippen LogP contribution in [-0.4, -0.2) is 25.0 Å². The standard InChI is InChI=1S/C15H16BrN3O/c1-10-6-7-11(12(16)9-10)15(20)18-13-5-4-8-17-14(13)19(2)3/h4-9H,1-3H3,(H,18,20). The van der Waals surface area contributed by atoms with Crippen molar-refractivity contribution in [2.75, 3.05) is 24.3 Å². The Kier molecular flexibility index (Phi) is 4.39. The van der Waals surface area contributed by atoms with E-state index in [1.807, 2.05) is 44.1 Å². The molecule has 0 atom stereocenters. The van der Waals surface area contributed by atoms with Crippen LogP contribution in [0.15, 0.2) is 41.0 Å². The zero-order chi connectivity index (χ0) is 14.7. The van der Waals surface area contributed by atoms with Crippen LogP contribution in [0.25, 0.3) is 0 Å². The van der Waals surface area contributed by atoms with Gasteiger partial charge in [0.2, 0.25) is 0 Å². The van der Waals surface area contributed by atoms with Crippen molar-refractivity contribution in [2.24, 2.45) is 0 Å². The van der Waals surface area contributed by atoms with Crippen LogP contribution in [0, 0.1) is 6.92 Å². The minimum atomic E-state index is -0.159. The molecule has 4 nitrogen and oxygen atoms in total. The molecule has 1 aromatic heterocycles. The molecule has 0 aliphatic heterocycles. The van der Waals surface area contributed by atoms with Crippen molar-refractivity contribution < 1.29 is 4.79 Å². The highest BCUT2D eigenvalue weighted by molar-refractivity contribution is 9.10. The maximum Gasteiger partial charge on any atom is 0.256 e. The molecule has 2 aromatic rings. The lowest BCUT2D eigenvalue weighted by molar-refractivity contribution is 0.102. The second-order valence-corrected chi connectivity index (χ2v) is 5.56. The predicted octanol–water partition coefficient (Wildman–Crippen LogP) is 3.47. The highest BCUT2D eigenvalue weighted by Crippen LogP contribution is 2.23. The summed E-state index contributed by atoms with van der Waals surface area (Å²) in [4.78, 5) is 18.5. The van der Waals surface area contributed by atoms with Crippen LogP contribution >= 0.6 is 15.9 Å². The Bertz CT molecular complexity index is 641. The number of carbonyl (C=O) groups is 1. The number of aromatic nitrogens is 1. The Balaban J connectivity index is 2.28. The van der Waals surface area contributed by atoms with Gasteiger partial charge in [-0.3, -0.25) is 4.79 Å². The molecule has 0 unspecified atom stereocenters. The van der Waals surface area contributed by atoms with Gasteiger partial charge in [-0.05, 0) is 52.7 Å². The van der Waals surface area contributed by atoms with E-state index in [2.05, 4.69) is 26.2 Å². The van der Waals surface area contributed by atoms with Gasteiger partial charge >= 0.3 is 0 Å². The Labute approximate surface area is 127 Å². The van der Waals surface area contributed by atoms with Crippen LogP contribution in [0.4, 0.5) is 11.5 Å². The van der Waals surface area contributed by atoms with Crippen molar-refractivity contribution in [1.82, 2.24) is 4.98 Å². The Hall–Kier alpha value is -1.88. The first-order valence-corrected chi connectivity index (χ1v) is 6.98. The summed E-state index contributed by atoms with van der Waals surface area (Å²) < 4.78 is 0.783. The average molecular weight is 334 g/mol. The van der Waals surface area contributed by atoms with E-state index in [-0.39, 0.29) is 5.91 Å². The molecule has 0 fully saturated rings. The maximum atomic E-state index is 12.3. The molecule has 20 heavy (non-hydrogen) atoms. The SMILES string of the molecule is Cc1ccc(C(=O)Nc2cccnc2N(C)C)c(Br)c1. The van der Waals surface area contributed by atoms with E-state index in [1.165, 1.54) is 0 Å². The number of hydrogen-bond acceptors (Lipinski definition) is 3. The molecule has 1 N–H and O–H groups in total. The van der Waals surface area contributed by atoms with Crippen LogP contribution in [-0.2, 0) is 0 Å². The summed E-state index contributed by atoms with van der Waals surface area (Å²) in [6.07, 6.45) is 1.70. The summed E-state index contributed by atoms with van der Waals surface area (Å²) >= 11 is 3.42. The number of rotatable bonds is 3. The molecule has 2 rings (SSSR count). The van der Waals surface area contributed by atoms with Gasteiger partial charge in [-0.2, -0.15) is 0 Å². The largest absolute Gasteiger partial charge is 0.361 e. The molecule has 1 aromatic carbocycles. The molecule has 5 heteroatoms. The van der Waals surface area contributed by atoms with Gasteiger partial charge in [-0.15, -0.1) is 0 Å². The quantitative estimate of drug-likeness (QED) is 0.935. The molecule has 0 saturated heterocycles. The van der Waals surface area contributed by atoms with E-state index in [4.69, 9.17) is 0 Å². The predicted molar refractivity (Wildman–Crippen MR) is 85.4 cm³/mol. The number of hydrogen-bond donors (Lipinski definition) is 1. The molecule has 0 spiro atoms. The molecule has 0 aliphatic rings. The Morgan fingerprint density at radius 1 is 1.30 bits per heavy atom. The molecule has 0 bridgehead atoms. The summed E-state index contributed by atoms with van der Waals surface area (Å²) in [6, 6.07) is 9.27. The monoisotopic (exact) mass is 333 g/mol. The third-order valence-corrected chi connectivity index (χ3v) is 3.48. The average Bonchev–Trinajstić information content (AvgIpc) is 2.38. The minimum absolute atomic E-state index is 0.159. The number of pyridine rings is 1. The molecule has 0 aliphatic carbocycles. The van der Waals surface area contributed by atoms with Crippen LogP contribution in [0.2, 0.25) is 0 Å².